The summed E-state index contributed by atoms with van der Waals surface area (Å²) in [4.78, 5) is 15.7. The first-order chi connectivity index (χ1) is 12.8. The van der Waals surface area contributed by atoms with Gasteiger partial charge in [0.2, 0.25) is 0 Å². The minimum atomic E-state index is 0.750. The summed E-state index contributed by atoms with van der Waals surface area (Å²) < 4.78 is 8.31. The van der Waals surface area contributed by atoms with Gasteiger partial charge in [-0.1, -0.05) is 11.3 Å². The Morgan fingerprint density at radius 1 is 1.19 bits per heavy atom. The second-order valence-corrected chi connectivity index (χ2v) is 7.14. The van der Waals surface area contributed by atoms with Gasteiger partial charge in [0.1, 0.15) is 12.1 Å². The molecule has 0 saturated carbocycles. The first-order valence-electron chi connectivity index (χ1n) is 8.41. The monoisotopic (exact) mass is 367 g/mol. The van der Waals surface area contributed by atoms with Gasteiger partial charge < -0.3 is 15.0 Å². The number of benzene rings is 1. The Labute approximate surface area is 153 Å². The largest absolute Gasteiger partial charge is 0.378 e. The van der Waals surface area contributed by atoms with E-state index in [1.54, 1.807) is 28.5 Å². The van der Waals surface area contributed by atoms with Crippen molar-refractivity contribution in [3.8, 4) is 0 Å². The van der Waals surface area contributed by atoms with Crippen LogP contribution in [-0.2, 0) is 11.8 Å². The van der Waals surface area contributed by atoms with Crippen LogP contribution < -0.4 is 10.2 Å². The minimum absolute atomic E-state index is 0.750. The molecule has 0 amide bonds. The summed E-state index contributed by atoms with van der Waals surface area (Å²) in [5, 5.41) is 9.59. The fraction of sp³-hybridized carbons (Fsp3) is 0.294. The van der Waals surface area contributed by atoms with E-state index in [4.69, 9.17) is 9.72 Å². The Morgan fingerprint density at radius 3 is 2.96 bits per heavy atom. The standard InChI is InChI=1S/C17H17N7OS/c1-23-16-12(9-20-23)15(18-10-19-16)21-11-2-3-13-14(8-11)26-17(22-13)24-4-6-25-7-5-24/h2-3,8-10H,4-7H2,1H3,(H,18,19,21). The van der Waals surface area contributed by atoms with E-state index in [9.17, 15) is 0 Å². The summed E-state index contributed by atoms with van der Waals surface area (Å²) in [5.41, 5.74) is 2.78. The number of ether oxygens (including phenoxy) is 1. The molecule has 1 fully saturated rings. The van der Waals surface area contributed by atoms with Crippen molar-refractivity contribution in [2.45, 2.75) is 0 Å². The van der Waals surface area contributed by atoms with Gasteiger partial charge in [0.15, 0.2) is 10.8 Å². The first-order valence-corrected chi connectivity index (χ1v) is 9.22. The highest BCUT2D eigenvalue weighted by molar-refractivity contribution is 7.22. The lowest BCUT2D eigenvalue weighted by Gasteiger charge is -2.25. The zero-order valence-corrected chi connectivity index (χ0v) is 15.0. The molecule has 0 spiro atoms. The first kappa shape index (κ1) is 15.5. The van der Waals surface area contributed by atoms with Crippen LogP contribution in [0.5, 0.6) is 0 Å². The van der Waals surface area contributed by atoms with Crippen molar-refractivity contribution in [3.05, 3.63) is 30.7 Å². The highest BCUT2D eigenvalue weighted by Gasteiger charge is 2.16. The van der Waals surface area contributed by atoms with Gasteiger partial charge in [0.25, 0.3) is 0 Å². The molecule has 0 bridgehead atoms. The second-order valence-electron chi connectivity index (χ2n) is 6.13. The molecule has 132 valence electrons. The van der Waals surface area contributed by atoms with Gasteiger partial charge in [-0.25, -0.2) is 15.0 Å². The molecule has 1 N–H and O–H groups in total. The third-order valence-corrected chi connectivity index (χ3v) is 5.53. The smallest absolute Gasteiger partial charge is 0.186 e. The third kappa shape index (κ3) is 2.65. The van der Waals surface area contributed by atoms with E-state index < -0.39 is 0 Å². The molecule has 26 heavy (non-hydrogen) atoms. The van der Waals surface area contributed by atoms with E-state index >= 15 is 0 Å². The Morgan fingerprint density at radius 2 is 2.08 bits per heavy atom. The number of nitrogens with one attached hydrogen (secondary N) is 1. The molecule has 5 rings (SSSR count). The molecule has 0 aliphatic carbocycles. The van der Waals surface area contributed by atoms with Crippen LogP contribution in [0.3, 0.4) is 0 Å². The van der Waals surface area contributed by atoms with Crippen molar-refractivity contribution in [3.63, 3.8) is 0 Å². The lowest BCUT2D eigenvalue weighted by molar-refractivity contribution is 0.122. The number of rotatable bonds is 3. The fourth-order valence-electron chi connectivity index (χ4n) is 3.08. The maximum atomic E-state index is 5.42. The zero-order valence-electron chi connectivity index (χ0n) is 14.2. The number of thiazole rings is 1. The lowest BCUT2D eigenvalue weighted by atomic mass is 10.3. The number of anilines is 3. The lowest BCUT2D eigenvalue weighted by Crippen LogP contribution is -2.36. The average Bonchev–Trinajstić information content (AvgIpc) is 3.27. The topological polar surface area (TPSA) is 81.0 Å². The van der Waals surface area contributed by atoms with Crippen LogP contribution in [0.25, 0.3) is 21.3 Å². The molecule has 3 aromatic heterocycles. The van der Waals surface area contributed by atoms with Crippen molar-refractivity contribution in [2.75, 3.05) is 36.5 Å². The predicted octanol–water partition coefficient (Wildman–Crippen LogP) is 2.55. The Kier molecular flexibility index (Phi) is 3.68. The quantitative estimate of drug-likeness (QED) is 0.596. The van der Waals surface area contributed by atoms with Crippen molar-refractivity contribution in [2.24, 2.45) is 7.05 Å². The van der Waals surface area contributed by atoms with Crippen LogP contribution in [0.15, 0.2) is 30.7 Å². The summed E-state index contributed by atoms with van der Waals surface area (Å²) in [6.07, 6.45) is 3.33. The molecule has 4 aromatic rings. The Balaban J connectivity index is 1.47. The summed E-state index contributed by atoms with van der Waals surface area (Å²) in [6.45, 7) is 3.31. The average molecular weight is 367 g/mol. The van der Waals surface area contributed by atoms with Crippen molar-refractivity contribution >= 4 is 49.2 Å². The number of aromatic nitrogens is 5. The molecule has 0 radical (unpaired) electrons. The summed E-state index contributed by atoms with van der Waals surface area (Å²) in [6, 6.07) is 6.18. The van der Waals surface area contributed by atoms with E-state index in [1.807, 2.05) is 19.2 Å². The maximum absolute atomic E-state index is 5.42. The minimum Gasteiger partial charge on any atom is -0.378 e. The SMILES string of the molecule is Cn1ncc2c(Nc3ccc4nc(N5CCOCC5)sc4c3)ncnc21. The Hall–Kier alpha value is -2.78. The van der Waals surface area contributed by atoms with Gasteiger partial charge in [0, 0.05) is 25.8 Å². The summed E-state index contributed by atoms with van der Waals surface area (Å²) >= 11 is 1.71. The van der Waals surface area contributed by atoms with E-state index in [-0.39, 0.29) is 0 Å². The third-order valence-electron chi connectivity index (χ3n) is 4.45. The Bertz CT molecular complexity index is 1080. The molecule has 1 aromatic carbocycles. The van der Waals surface area contributed by atoms with Gasteiger partial charge in [-0.2, -0.15) is 5.10 Å². The van der Waals surface area contributed by atoms with Crippen molar-refractivity contribution < 1.29 is 4.74 Å². The summed E-state index contributed by atoms with van der Waals surface area (Å²) in [5.74, 6) is 0.750. The maximum Gasteiger partial charge on any atom is 0.186 e. The molecule has 4 heterocycles. The van der Waals surface area contributed by atoms with Crippen LogP contribution in [0.1, 0.15) is 0 Å². The van der Waals surface area contributed by atoms with Gasteiger partial charge in [0.05, 0.1) is 35.0 Å². The molecule has 0 unspecified atom stereocenters. The number of morpholine rings is 1. The molecular formula is C17H17N7OS. The highest BCUT2D eigenvalue weighted by atomic mass is 32.1. The van der Waals surface area contributed by atoms with E-state index in [0.29, 0.717) is 0 Å². The molecular weight excluding hydrogens is 350 g/mol. The van der Waals surface area contributed by atoms with Crippen LogP contribution >= 0.6 is 11.3 Å². The van der Waals surface area contributed by atoms with Gasteiger partial charge >= 0.3 is 0 Å². The van der Waals surface area contributed by atoms with E-state index in [2.05, 4.69) is 31.3 Å². The van der Waals surface area contributed by atoms with Gasteiger partial charge in [-0.15, -0.1) is 0 Å². The van der Waals surface area contributed by atoms with Gasteiger partial charge in [-0.05, 0) is 18.2 Å². The van der Waals surface area contributed by atoms with Crippen molar-refractivity contribution in [1.29, 1.82) is 0 Å². The summed E-state index contributed by atoms with van der Waals surface area (Å²) in [7, 11) is 1.87. The van der Waals surface area contributed by atoms with Crippen LogP contribution in [0, 0.1) is 0 Å². The molecule has 8 nitrogen and oxygen atoms in total. The predicted molar refractivity (Wildman–Crippen MR) is 102 cm³/mol. The number of aryl methyl sites for hydroxylation is 1. The molecule has 0 atom stereocenters. The molecule has 1 aliphatic rings. The number of nitrogens with zero attached hydrogens (tertiary/aromatic N) is 6. The van der Waals surface area contributed by atoms with Crippen LogP contribution in [0.4, 0.5) is 16.6 Å². The zero-order chi connectivity index (χ0) is 17.5. The molecule has 9 heteroatoms. The number of hydrogen-bond acceptors (Lipinski definition) is 8. The van der Waals surface area contributed by atoms with Gasteiger partial charge in [-0.3, -0.25) is 4.68 Å². The normalized spacial score (nSPS) is 15.0. The van der Waals surface area contributed by atoms with Crippen molar-refractivity contribution in [1.82, 2.24) is 24.7 Å². The molecule has 1 saturated heterocycles. The number of fused-ring (bicyclic) bond motifs is 2. The second kappa shape index (κ2) is 6.19. The van der Waals surface area contributed by atoms with E-state index in [1.165, 1.54) is 0 Å². The van der Waals surface area contributed by atoms with Crippen LogP contribution in [0.2, 0.25) is 0 Å². The molecule has 1 aliphatic heterocycles. The number of hydrogen-bond donors (Lipinski definition) is 1. The fourth-order valence-corrected chi connectivity index (χ4v) is 4.13. The van der Waals surface area contributed by atoms with E-state index in [0.717, 1.165) is 64.2 Å². The highest BCUT2D eigenvalue weighted by Crippen LogP contribution is 2.32. The van der Waals surface area contributed by atoms with Crippen LogP contribution in [-0.4, -0.2) is 51.0 Å².